The summed E-state index contributed by atoms with van der Waals surface area (Å²) in [7, 11) is 0. The standard InChI is InChI=1S/C14H15ClN2O/c15-9-11(18)10-17-14-6-2-1-5-12(14)13-7-3-4-8-16-13/h1-8,11,17-18H,9-10H2. The van der Waals surface area contributed by atoms with Crippen LogP contribution in [-0.4, -0.2) is 28.6 Å². The predicted octanol–water partition coefficient (Wildman–Crippen LogP) is 2.76. The van der Waals surface area contributed by atoms with Gasteiger partial charge in [-0.1, -0.05) is 24.3 Å². The topological polar surface area (TPSA) is 45.1 Å². The summed E-state index contributed by atoms with van der Waals surface area (Å²) in [4.78, 5) is 4.33. The second kappa shape index (κ2) is 6.38. The van der Waals surface area contributed by atoms with Crippen LogP contribution in [0.2, 0.25) is 0 Å². The minimum Gasteiger partial charge on any atom is -0.390 e. The number of anilines is 1. The molecule has 0 aliphatic carbocycles. The average Bonchev–Trinajstić information content (AvgIpc) is 2.46. The summed E-state index contributed by atoms with van der Waals surface area (Å²) in [5.41, 5.74) is 2.86. The molecule has 0 saturated heterocycles. The van der Waals surface area contributed by atoms with Crippen molar-refractivity contribution in [3.63, 3.8) is 0 Å². The van der Waals surface area contributed by atoms with E-state index in [9.17, 15) is 5.11 Å². The minimum atomic E-state index is -0.552. The third-order valence-electron chi connectivity index (χ3n) is 2.57. The molecule has 0 aliphatic rings. The van der Waals surface area contributed by atoms with Crippen LogP contribution in [0.4, 0.5) is 5.69 Å². The number of hydrogen-bond donors (Lipinski definition) is 2. The number of pyridine rings is 1. The van der Waals surface area contributed by atoms with Gasteiger partial charge in [-0.3, -0.25) is 4.98 Å². The Morgan fingerprint density at radius 2 is 1.94 bits per heavy atom. The number of benzene rings is 1. The number of aliphatic hydroxyl groups is 1. The monoisotopic (exact) mass is 262 g/mol. The summed E-state index contributed by atoms with van der Waals surface area (Å²) in [6, 6.07) is 13.7. The highest BCUT2D eigenvalue weighted by Gasteiger charge is 2.07. The lowest BCUT2D eigenvalue weighted by Gasteiger charge is -2.13. The first-order chi connectivity index (χ1) is 8.81. The van der Waals surface area contributed by atoms with Crippen LogP contribution in [0.15, 0.2) is 48.7 Å². The highest BCUT2D eigenvalue weighted by atomic mass is 35.5. The van der Waals surface area contributed by atoms with E-state index in [1.165, 1.54) is 0 Å². The van der Waals surface area contributed by atoms with Crippen molar-refractivity contribution in [2.24, 2.45) is 0 Å². The molecule has 0 aliphatic heterocycles. The quantitative estimate of drug-likeness (QED) is 0.815. The second-order valence-corrected chi connectivity index (χ2v) is 4.26. The average molecular weight is 263 g/mol. The summed E-state index contributed by atoms with van der Waals surface area (Å²) in [5, 5.41) is 12.7. The molecule has 0 fully saturated rings. The molecule has 1 unspecified atom stereocenters. The van der Waals surface area contributed by atoms with E-state index < -0.39 is 6.10 Å². The molecule has 3 nitrogen and oxygen atoms in total. The Kier molecular flexibility index (Phi) is 4.56. The predicted molar refractivity (Wildman–Crippen MR) is 74.9 cm³/mol. The number of nitrogens with zero attached hydrogens (tertiary/aromatic N) is 1. The maximum absolute atomic E-state index is 9.47. The van der Waals surface area contributed by atoms with Gasteiger partial charge >= 0.3 is 0 Å². The molecule has 2 rings (SSSR count). The van der Waals surface area contributed by atoms with E-state index in [0.29, 0.717) is 6.54 Å². The van der Waals surface area contributed by atoms with Crippen molar-refractivity contribution >= 4 is 17.3 Å². The molecule has 0 saturated carbocycles. The molecule has 1 aromatic heterocycles. The van der Waals surface area contributed by atoms with Crippen molar-refractivity contribution in [2.75, 3.05) is 17.7 Å². The SMILES string of the molecule is OC(CCl)CNc1ccccc1-c1ccccn1. The molecule has 0 radical (unpaired) electrons. The molecular weight excluding hydrogens is 248 g/mol. The van der Waals surface area contributed by atoms with E-state index in [4.69, 9.17) is 11.6 Å². The highest BCUT2D eigenvalue weighted by molar-refractivity contribution is 6.18. The van der Waals surface area contributed by atoms with Gasteiger partial charge in [-0.15, -0.1) is 11.6 Å². The number of para-hydroxylation sites is 1. The summed E-state index contributed by atoms with van der Waals surface area (Å²) in [5.74, 6) is 0.221. The first-order valence-corrected chi connectivity index (χ1v) is 6.33. The van der Waals surface area contributed by atoms with Gasteiger partial charge in [0.1, 0.15) is 0 Å². The fourth-order valence-corrected chi connectivity index (χ4v) is 1.77. The summed E-state index contributed by atoms with van der Waals surface area (Å²) < 4.78 is 0. The molecule has 1 aromatic carbocycles. The number of alkyl halides is 1. The fraction of sp³-hybridized carbons (Fsp3) is 0.214. The number of hydrogen-bond acceptors (Lipinski definition) is 3. The van der Waals surface area contributed by atoms with Gasteiger partial charge in [-0.2, -0.15) is 0 Å². The number of aliphatic hydroxyl groups excluding tert-OH is 1. The Morgan fingerprint density at radius 1 is 1.17 bits per heavy atom. The van der Waals surface area contributed by atoms with Crippen molar-refractivity contribution in [3.05, 3.63) is 48.7 Å². The van der Waals surface area contributed by atoms with Gasteiger partial charge in [0, 0.05) is 24.0 Å². The van der Waals surface area contributed by atoms with Crippen molar-refractivity contribution in [1.29, 1.82) is 0 Å². The molecule has 0 spiro atoms. The van der Waals surface area contributed by atoms with Gasteiger partial charge in [0.15, 0.2) is 0 Å². The molecule has 0 amide bonds. The number of aromatic nitrogens is 1. The molecule has 2 aromatic rings. The smallest absolute Gasteiger partial charge is 0.0847 e. The van der Waals surface area contributed by atoms with Gasteiger partial charge in [0.05, 0.1) is 17.7 Å². The minimum absolute atomic E-state index is 0.221. The maximum Gasteiger partial charge on any atom is 0.0847 e. The first-order valence-electron chi connectivity index (χ1n) is 5.79. The lowest BCUT2D eigenvalue weighted by molar-refractivity contribution is 0.211. The molecule has 4 heteroatoms. The van der Waals surface area contributed by atoms with Gasteiger partial charge in [0.25, 0.3) is 0 Å². The third-order valence-corrected chi connectivity index (χ3v) is 2.93. The van der Waals surface area contributed by atoms with Crippen molar-refractivity contribution in [2.45, 2.75) is 6.10 Å². The lowest BCUT2D eigenvalue weighted by Crippen LogP contribution is -2.21. The van der Waals surface area contributed by atoms with E-state index >= 15 is 0 Å². The summed E-state index contributed by atoms with van der Waals surface area (Å²) in [6.45, 7) is 0.424. The fourth-order valence-electron chi connectivity index (χ4n) is 1.67. The summed E-state index contributed by atoms with van der Waals surface area (Å²) in [6.07, 6.45) is 1.21. The van der Waals surface area contributed by atoms with Crippen LogP contribution >= 0.6 is 11.6 Å². The first kappa shape index (κ1) is 12.9. The van der Waals surface area contributed by atoms with Crippen molar-refractivity contribution < 1.29 is 5.11 Å². The van der Waals surface area contributed by atoms with E-state index in [-0.39, 0.29) is 5.88 Å². The molecule has 0 bridgehead atoms. The number of halogens is 1. The van der Waals surface area contributed by atoms with E-state index in [1.54, 1.807) is 6.20 Å². The van der Waals surface area contributed by atoms with E-state index in [2.05, 4.69) is 10.3 Å². The van der Waals surface area contributed by atoms with Gasteiger partial charge in [0.2, 0.25) is 0 Å². The van der Waals surface area contributed by atoms with Gasteiger partial charge in [-0.25, -0.2) is 0 Å². The molecule has 94 valence electrons. The van der Waals surface area contributed by atoms with Crippen LogP contribution in [0.1, 0.15) is 0 Å². The third kappa shape index (κ3) is 3.22. The molecule has 18 heavy (non-hydrogen) atoms. The maximum atomic E-state index is 9.47. The normalized spacial score (nSPS) is 12.1. The largest absolute Gasteiger partial charge is 0.390 e. The highest BCUT2D eigenvalue weighted by Crippen LogP contribution is 2.25. The Hall–Kier alpha value is -1.58. The van der Waals surface area contributed by atoms with Gasteiger partial charge in [-0.05, 0) is 18.2 Å². The van der Waals surface area contributed by atoms with E-state index in [1.807, 2.05) is 42.5 Å². The molecular formula is C14H15ClN2O. The van der Waals surface area contributed by atoms with Crippen LogP contribution in [-0.2, 0) is 0 Å². The Balaban J connectivity index is 2.21. The van der Waals surface area contributed by atoms with Crippen LogP contribution in [0.25, 0.3) is 11.3 Å². The Bertz CT molecular complexity index is 490. The van der Waals surface area contributed by atoms with Crippen molar-refractivity contribution in [1.82, 2.24) is 4.98 Å². The van der Waals surface area contributed by atoms with Crippen LogP contribution < -0.4 is 5.32 Å². The Morgan fingerprint density at radius 3 is 2.67 bits per heavy atom. The zero-order valence-corrected chi connectivity index (χ0v) is 10.6. The van der Waals surface area contributed by atoms with Crippen LogP contribution in [0.5, 0.6) is 0 Å². The second-order valence-electron chi connectivity index (χ2n) is 3.95. The van der Waals surface area contributed by atoms with Crippen LogP contribution in [0, 0.1) is 0 Å². The van der Waals surface area contributed by atoms with E-state index in [0.717, 1.165) is 16.9 Å². The Labute approximate surface area is 111 Å². The number of rotatable bonds is 5. The molecule has 2 N–H and O–H groups in total. The lowest BCUT2D eigenvalue weighted by atomic mass is 10.1. The molecule has 1 atom stereocenters. The van der Waals surface area contributed by atoms with Crippen molar-refractivity contribution in [3.8, 4) is 11.3 Å². The van der Waals surface area contributed by atoms with Crippen LogP contribution in [0.3, 0.4) is 0 Å². The molecule has 1 heterocycles. The zero-order chi connectivity index (χ0) is 12.8. The van der Waals surface area contributed by atoms with Gasteiger partial charge < -0.3 is 10.4 Å². The summed E-state index contributed by atoms with van der Waals surface area (Å²) >= 11 is 5.57. The number of nitrogens with one attached hydrogen (secondary N) is 1. The zero-order valence-electron chi connectivity index (χ0n) is 9.88.